The SMILES string of the molecule is CC(NC1c2ccccc2OC1(C)C)c1cccc(Br)c1. The van der Waals surface area contributed by atoms with Gasteiger partial charge in [0, 0.05) is 16.1 Å². The van der Waals surface area contributed by atoms with Crippen LogP contribution in [-0.4, -0.2) is 5.60 Å². The number of ether oxygens (including phenoxy) is 1. The van der Waals surface area contributed by atoms with Crippen LogP contribution in [-0.2, 0) is 0 Å². The third kappa shape index (κ3) is 2.85. The molecule has 1 N–H and O–H groups in total. The molecule has 2 nitrogen and oxygen atoms in total. The summed E-state index contributed by atoms with van der Waals surface area (Å²) in [6, 6.07) is 17.2. The highest BCUT2D eigenvalue weighted by Gasteiger charge is 2.41. The van der Waals surface area contributed by atoms with Crippen LogP contribution >= 0.6 is 15.9 Å². The van der Waals surface area contributed by atoms with Gasteiger partial charge in [-0.25, -0.2) is 0 Å². The predicted molar refractivity (Wildman–Crippen MR) is 89.6 cm³/mol. The van der Waals surface area contributed by atoms with Crippen LogP contribution in [0.2, 0.25) is 0 Å². The van der Waals surface area contributed by atoms with Crippen molar-refractivity contribution in [1.29, 1.82) is 0 Å². The Hall–Kier alpha value is -1.32. The molecule has 0 spiro atoms. The van der Waals surface area contributed by atoms with Gasteiger partial charge in [0.05, 0.1) is 6.04 Å². The smallest absolute Gasteiger partial charge is 0.125 e. The standard InChI is InChI=1S/C18H20BrNO/c1-12(13-7-6-8-14(19)11-13)20-17-15-9-4-5-10-16(15)21-18(17,2)3/h4-12,17,20H,1-3H3. The highest BCUT2D eigenvalue weighted by Crippen LogP contribution is 2.43. The van der Waals surface area contributed by atoms with Crippen molar-refractivity contribution >= 4 is 15.9 Å². The van der Waals surface area contributed by atoms with Crippen molar-refractivity contribution in [2.24, 2.45) is 0 Å². The van der Waals surface area contributed by atoms with E-state index < -0.39 is 0 Å². The van der Waals surface area contributed by atoms with Crippen molar-refractivity contribution in [2.45, 2.75) is 38.5 Å². The molecule has 1 heterocycles. The van der Waals surface area contributed by atoms with E-state index in [9.17, 15) is 0 Å². The van der Waals surface area contributed by atoms with Crippen molar-refractivity contribution in [3.8, 4) is 5.75 Å². The average Bonchev–Trinajstić information content (AvgIpc) is 2.69. The largest absolute Gasteiger partial charge is 0.486 e. The third-order valence-corrected chi connectivity index (χ3v) is 4.56. The fourth-order valence-electron chi connectivity index (χ4n) is 2.94. The van der Waals surface area contributed by atoms with E-state index >= 15 is 0 Å². The van der Waals surface area contributed by atoms with E-state index in [1.54, 1.807) is 0 Å². The Labute approximate surface area is 134 Å². The molecule has 0 aliphatic carbocycles. The van der Waals surface area contributed by atoms with E-state index in [-0.39, 0.29) is 17.7 Å². The van der Waals surface area contributed by atoms with Crippen molar-refractivity contribution in [1.82, 2.24) is 5.32 Å². The minimum atomic E-state index is -0.246. The van der Waals surface area contributed by atoms with Gasteiger partial charge >= 0.3 is 0 Å². The zero-order valence-corrected chi connectivity index (χ0v) is 14.1. The van der Waals surface area contributed by atoms with Crippen LogP contribution in [0.3, 0.4) is 0 Å². The third-order valence-electron chi connectivity index (χ3n) is 4.06. The summed E-state index contributed by atoms with van der Waals surface area (Å²) in [6.07, 6.45) is 0. The Morgan fingerprint density at radius 1 is 1.14 bits per heavy atom. The van der Waals surface area contributed by atoms with E-state index in [1.807, 2.05) is 18.2 Å². The Morgan fingerprint density at radius 2 is 1.90 bits per heavy atom. The molecule has 0 fully saturated rings. The first kappa shape index (κ1) is 14.6. The molecule has 3 rings (SSSR count). The van der Waals surface area contributed by atoms with Gasteiger partial charge in [0.15, 0.2) is 0 Å². The minimum Gasteiger partial charge on any atom is -0.486 e. The number of halogens is 1. The van der Waals surface area contributed by atoms with Crippen molar-refractivity contribution in [3.05, 3.63) is 64.1 Å². The van der Waals surface area contributed by atoms with E-state index in [0.29, 0.717) is 0 Å². The molecule has 1 aliphatic heterocycles. The second-order valence-electron chi connectivity index (χ2n) is 6.12. The van der Waals surface area contributed by atoms with Crippen LogP contribution < -0.4 is 10.1 Å². The maximum absolute atomic E-state index is 6.10. The molecule has 0 saturated heterocycles. The summed E-state index contributed by atoms with van der Waals surface area (Å²) in [5.41, 5.74) is 2.26. The molecule has 1 aliphatic rings. The van der Waals surface area contributed by atoms with Crippen LogP contribution in [0, 0.1) is 0 Å². The quantitative estimate of drug-likeness (QED) is 0.843. The molecule has 2 aromatic carbocycles. The molecule has 2 unspecified atom stereocenters. The van der Waals surface area contributed by atoms with Crippen LogP contribution in [0.25, 0.3) is 0 Å². The number of rotatable bonds is 3. The van der Waals surface area contributed by atoms with E-state index in [2.05, 4.69) is 72.3 Å². The summed E-state index contributed by atoms with van der Waals surface area (Å²) in [4.78, 5) is 0. The molecule has 2 aromatic rings. The molecular formula is C18H20BrNO. The summed E-state index contributed by atoms with van der Waals surface area (Å²) in [6.45, 7) is 6.47. The number of benzene rings is 2. The molecule has 0 aromatic heterocycles. The molecule has 3 heteroatoms. The lowest BCUT2D eigenvalue weighted by molar-refractivity contribution is 0.0919. The van der Waals surface area contributed by atoms with E-state index in [4.69, 9.17) is 4.74 Å². The predicted octanol–water partition coefficient (Wildman–Crippen LogP) is 5.01. The zero-order chi connectivity index (χ0) is 15.0. The van der Waals surface area contributed by atoms with Gasteiger partial charge in [-0.05, 0) is 44.5 Å². The van der Waals surface area contributed by atoms with Crippen LogP contribution in [0.4, 0.5) is 0 Å². The number of hydrogen-bond acceptors (Lipinski definition) is 2. The normalized spacial score (nSPS) is 20.7. The Bertz CT molecular complexity index is 653. The second-order valence-corrected chi connectivity index (χ2v) is 7.04. The van der Waals surface area contributed by atoms with Crippen molar-refractivity contribution < 1.29 is 4.74 Å². The number of para-hydroxylation sites is 1. The van der Waals surface area contributed by atoms with Crippen molar-refractivity contribution in [2.75, 3.05) is 0 Å². The average molecular weight is 346 g/mol. The summed E-state index contributed by atoms with van der Waals surface area (Å²) in [5, 5.41) is 3.72. The fraction of sp³-hybridized carbons (Fsp3) is 0.333. The van der Waals surface area contributed by atoms with Gasteiger partial charge in [0.25, 0.3) is 0 Å². The molecule has 0 amide bonds. The summed E-state index contributed by atoms with van der Waals surface area (Å²) in [7, 11) is 0. The minimum absolute atomic E-state index is 0.183. The zero-order valence-electron chi connectivity index (χ0n) is 12.6. The lowest BCUT2D eigenvalue weighted by Gasteiger charge is -2.30. The number of nitrogens with one attached hydrogen (secondary N) is 1. The molecular weight excluding hydrogens is 326 g/mol. The maximum atomic E-state index is 6.10. The van der Waals surface area contributed by atoms with Gasteiger partial charge in [-0.1, -0.05) is 46.3 Å². The highest BCUT2D eigenvalue weighted by atomic mass is 79.9. The Balaban J connectivity index is 1.87. The molecule has 0 saturated carbocycles. The first-order valence-electron chi connectivity index (χ1n) is 7.27. The fourth-order valence-corrected chi connectivity index (χ4v) is 3.36. The molecule has 110 valence electrons. The van der Waals surface area contributed by atoms with Crippen LogP contribution in [0.15, 0.2) is 53.0 Å². The van der Waals surface area contributed by atoms with Gasteiger partial charge in [-0.15, -0.1) is 0 Å². The second kappa shape index (κ2) is 5.47. The summed E-state index contributed by atoms with van der Waals surface area (Å²) < 4.78 is 7.20. The lowest BCUT2D eigenvalue weighted by Crippen LogP contribution is -2.40. The first-order valence-corrected chi connectivity index (χ1v) is 8.06. The van der Waals surface area contributed by atoms with Crippen LogP contribution in [0.1, 0.15) is 44.0 Å². The molecule has 2 atom stereocenters. The van der Waals surface area contributed by atoms with Crippen LogP contribution in [0.5, 0.6) is 5.75 Å². The Morgan fingerprint density at radius 3 is 2.67 bits per heavy atom. The number of fused-ring (bicyclic) bond motifs is 1. The van der Waals surface area contributed by atoms with Gasteiger partial charge in [-0.2, -0.15) is 0 Å². The highest BCUT2D eigenvalue weighted by molar-refractivity contribution is 9.10. The molecule has 0 radical (unpaired) electrons. The van der Waals surface area contributed by atoms with Gasteiger partial charge < -0.3 is 4.74 Å². The van der Waals surface area contributed by atoms with E-state index in [1.165, 1.54) is 11.1 Å². The summed E-state index contributed by atoms with van der Waals surface area (Å²) in [5.74, 6) is 0.987. The van der Waals surface area contributed by atoms with Gasteiger partial charge in [0.2, 0.25) is 0 Å². The first-order chi connectivity index (χ1) is 9.97. The van der Waals surface area contributed by atoms with Gasteiger partial charge in [-0.3, -0.25) is 5.32 Å². The topological polar surface area (TPSA) is 21.3 Å². The van der Waals surface area contributed by atoms with Crippen molar-refractivity contribution in [3.63, 3.8) is 0 Å². The molecule has 0 bridgehead atoms. The Kier molecular flexibility index (Phi) is 3.80. The summed E-state index contributed by atoms with van der Waals surface area (Å²) >= 11 is 3.54. The number of hydrogen-bond donors (Lipinski definition) is 1. The van der Waals surface area contributed by atoms with Gasteiger partial charge in [0.1, 0.15) is 11.4 Å². The van der Waals surface area contributed by atoms with E-state index in [0.717, 1.165) is 10.2 Å². The lowest BCUT2D eigenvalue weighted by atomic mass is 9.93. The molecule has 21 heavy (non-hydrogen) atoms. The monoisotopic (exact) mass is 345 g/mol. The maximum Gasteiger partial charge on any atom is 0.125 e.